The van der Waals surface area contributed by atoms with Gasteiger partial charge < -0.3 is 19.3 Å². The van der Waals surface area contributed by atoms with Crippen LogP contribution in [0.4, 0.5) is 0 Å². The third kappa shape index (κ3) is 6.05. The Labute approximate surface area is 172 Å². The van der Waals surface area contributed by atoms with E-state index in [2.05, 4.69) is 26.0 Å². The number of hydrogen-bond acceptors (Lipinski definition) is 4. The van der Waals surface area contributed by atoms with Crippen LogP contribution in [0.25, 0.3) is 0 Å². The van der Waals surface area contributed by atoms with E-state index in [1.807, 2.05) is 36.4 Å². The highest BCUT2D eigenvalue weighted by Gasteiger charge is 2.35. The Hall–Kier alpha value is -2.37. The first-order valence-electron chi connectivity index (χ1n) is 10.3. The second-order valence-electron chi connectivity index (χ2n) is 7.88. The fourth-order valence-corrected chi connectivity index (χ4v) is 3.75. The maximum absolute atomic E-state index is 10.6. The van der Waals surface area contributed by atoms with Gasteiger partial charge in [0.1, 0.15) is 18.1 Å². The van der Waals surface area contributed by atoms with Crippen molar-refractivity contribution in [2.75, 3.05) is 19.8 Å². The van der Waals surface area contributed by atoms with Crippen LogP contribution in [0.15, 0.2) is 48.5 Å². The summed E-state index contributed by atoms with van der Waals surface area (Å²) in [5.41, 5.74) is 2.39. The van der Waals surface area contributed by atoms with Crippen molar-refractivity contribution in [3.8, 4) is 11.5 Å². The van der Waals surface area contributed by atoms with Crippen molar-refractivity contribution in [2.24, 2.45) is 5.41 Å². The molecule has 2 aromatic carbocycles. The lowest BCUT2D eigenvalue weighted by molar-refractivity contribution is -0.143. The zero-order valence-corrected chi connectivity index (χ0v) is 17.2. The molecular formula is C24H30O5. The Morgan fingerprint density at radius 3 is 2.66 bits per heavy atom. The van der Waals surface area contributed by atoms with Crippen molar-refractivity contribution in [1.29, 1.82) is 0 Å². The first kappa shape index (κ1) is 21.3. The maximum atomic E-state index is 10.6. The van der Waals surface area contributed by atoms with E-state index in [9.17, 15) is 4.79 Å². The summed E-state index contributed by atoms with van der Waals surface area (Å²) < 4.78 is 17.5. The molecule has 0 aliphatic carbocycles. The molecule has 2 atom stereocenters. The van der Waals surface area contributed by atoms with Gasteiger partial charge in [0.15, 0.2) is 0 Å². The molecule has 2 aromatic rings. The van der Waals surface area contributed by atoms with Crippen molar-refractivity contribution in [1.82, 2.24) is 0 Å². The molecule has 3 rings (SSSR count). The summed E-state index contributed by atoms with van der Waals surface area (Å²) >= 11 is 0. The van der Waals surface area contributed by atoms with Crippen molar-refractivity contribution < 1.29 is 24.1 Å². The topological polar surface area (TPSA) is 65.0 Å². The summed E-state index contributed by atoms with van der Waals surface area (Å²) in [7, 11) is 0. The maximum Gasteiger partial charge on any atom is 0.329 e. The van der Waals surface area contributed by atoms with Gasteiger partial charge in [0.05, 0.1) is 12.7 Å². The van der Waals surface area contributed by atoms with Crippen LogP contribution in [-0.4, -0.2) is 30.9 Å². The summed E-state index contributed by atoms with van der Waals surface area (Å²) in [5, 5.41) is 8.70. The molecule has 5 nitrogen and oxygen atoms in total. The molecule has 0 saturated carbocycles. The first-order chi connectivity index (χ1) is 14.0. The summed E-state index contributed by atoms with van der Waals surface area (Å²) in [4.78, 5) is 10.6. The minimum absolute atomic E-state index is 0.0520. The summed E-state index contributed by atoms with van der Waals surface area (Å²) in [6.07, 6.45) is 3.83. The van der Waals surface area contributed by atoms with E-state index in [0.717, 1.165) is 42.7 Å². The molecule has 0 radical (unpaired) electrons. The summed E-state index contributed by atoms with van der Waals surface area (Å²) in [5.74, 6) is 0.705. The van der Waals surface area contributed by atoms with Crippen LogP contribution in [0.2, 0.25) is 0 Å². The van der Waals surface area contributed by atoms with Gasteiger partial charge in [-0.05, 0) is 67.9 Å². The Morgan fingerprint density at radius 1 is 1.21 bits per heavy atom. The summed E-state index contributed by atoms with van der Waals surface area (Å²) in [6, 6.07) is 16.1. The molecule has 5 heteroatoms. The van der Waals surface area contributed by atoms with E-state index in [0.29, 0.717) is 13.2 Å². The lowest BCUT2D eigenvalue weighted by atomic mass is 9.75. The average Bonchev–Trinajstić information content (AvgIpc) is 2.73. The molecular weight excluding hydrogens is 368 g/mol. The van der Waals surface area contributed by atoms with Gasteiger partial charge in [0.2, 0.25) is 0 Å². The lowest BCUT2D eigenvalue weighted by Gasteiger charge is -2.40. The van der Waals surface area contributed by atoms with E-state index in [1.54, 1.807) is 0 Å². The van der Waals surface area contributed by atoms with E-state index >= 15 is 0 Å². The van der Waals surface area contributed by atoms with Crippen LogP contribution >= 0.6 is 0 Å². The number of carboxylic acids is 1. The summed E-state index contributed by atoms with van der Waals surface area (Å²) in [6.45, 7) is 5.09. The second kappa shape index (κ2) is 9.90. The fourth-order valence-electron chi connectivity index (χ4n) is 3.75. The quantitative estimate of drug-likeness (QED) is 0.563. The van der Waals surface area contributed by atoms with Gasteiger partial charge in [-0.3, -0.25) is 0 Å². The first-order valence-corrected chi connectivity index (χ1v) is 10.3. The highest BCUT2D eigenvalue weighted by Crippen LogP contribution is 2.42. The van der Waals surface area contributed by atoms with Crippen LogP contribution in [-0.2, 0) is 14.3 Å². The van der Waals surface area contributed by atoms with E-state index in [1.165, 1.54) is 5.56 Å². The van der Waals surface area contributed by atoms with E-state index < -0.39 is 5.97 Å². The van der Waals surface area contributed by atoms with Gasteiger partial charge in [-0.1, -0.05) is 36.8 Å². The Kier molecular flexibility index (Phi) is 7.29. The number of carbonyl (C=O) groups is 1. The van der Waals surface area contributed by atoms with E-state index in [-0.39, 0.29) is 18.1 Å². The molecule has 1 aliphatic heterocycles. The molecule has 1 fully saturated rings. The largest absolute Gasteiger partial charge is 0.480 e. The Bertz CT molecular complexity index is 791. The molecule has 156 valence electrons. The van der Waals surface area contributed by atoms with Gasteiger partial charge in [-0.2, -0.15) is 0 Å². The third-order valence-electron chi connectivity index (χ3n) is 5.77. The number of aliphatic carboxylic acids is 1. The number of aryl methyl sites for hydroxylation is 1. The zero-order chi connectivity index (χ0) is 20.7. The number of hydrogen-bond donors (Lipinski definition) is 1. The predicted molar refractivity (Wildman–Crippen MR) is 111 cm³/mol. The highest BCUT2D eigenvalue weighted by molar-refractivity contribution is 5.67. The molecule has 2 unspecified atom stereocenters. The predicted octanol–water partition coefficient (Wildman–Crippen LogP) is 5.53. The van der Waals surface area contributed by atoms with Crippen molar-refractivity contribution in [3.63, 3.8) is 0 Å². The van der Waals surface area contributed by atoms with Crippen molar-refractivity contribution in [2.45, 2.75) is 45.6 Å². The minimum atomic E-state index is -0.928. The van der Waals surface area contributed by atoms with Gasteiger partial charge in [-0.25, -0.2) is 4.79 Å². The zero-order valence-electron chi connectivity index (χ0n) is 17.2. The standard InChI is InChI=1S/C24H30O5/c1-3-24(13-14-27-16-23(25)26)12-11-22(28-17-24)19-5-4-6-21(15-19)29-20-9-7-18(2)8-10-20/h4-10,15,22H,3,11-14,16-17H2,1-2H3,(H,25,26). The molecule has 1 saturated heterocycles. The fraction of sp³-hybridized carbons (Fsp3) is 0.458. The normalized spacial score (nSPS) is 21.7. The number of carboxylic acid groups (broad SMARTS) is 1. The van der Waals surface area contributed by atoms with Gasteiger partial charge in [0.25, 0.3) is 0 Å². The molecule has 0 amide bonds. The molecule has 0 spiro atoms. The van der Waals surface area contributed by atoms with Crippen LogP contribution in [0.3, 0.4) is 0 Å². The molecule has 29 heavy (non-hydrogen) atoms. The minimum Gasteiger partial charge on any atom is -0.480 e. The SMILES string of the molecule is CCC1(CCOCC(=O)O)CCC(c2cccc(Oc3ccc(C)cc3)c2)OC1. The number of ether oxygens (including phenoxy) is 3. The third-order valence-corrected chi connectivity index (χ3v) is 5.77. The Balaban J connectivity index is 1.57. The highest BCUT2D eigenvalue weighted by atomic mass is 16.5. The molecule has 1 heterocycles. The average molecular weight is 398 g/mol. The molecule has 1 N–H and O–H groups in total. The van der Waals surface area contributed by atoms with Gasteiger partial charge >= 0.3 is 5.97 Å². The van der Waals surface area contributed by atoms with Crippen LogP contribution < -0.4 is 4.74 Å². The molecule has 0 bridgehead atoms. The smallest absolute Gasteiger partial charge is 0.329 e. The molecule has 0 aromatic heterocycles. The van der Waals surface area contributed by atoms with Crippen LogP contribution in [0.5, 0.6) is 11.5 Å². The van der Waals surface area contributed by atoms with Gasteiger partial charge in [0, 0.05) is 6.61 Å². The van der Waals surface area contributed by atoms with Crippen molar-refractivity contribution >= 4 is 5.97 Å². The van der Waals surface area contributed by atoms with E-state index in [4.69, 9.17) is 19.3 Å². The van der Waals surface area contributed by atoms with Gasteiger partial charge in [-0.15, -0.1) is 0 Å². The Morgan fingerprint density at radius 2 is 2.00 bits per heavy atom. The molecule has 1 aliphatic rings. The number of rotatable bonds is 9. The lowest BCUT2D eigenvalue weighted by Crippen LogP contribution is -2.34. The second-order valence-corrected chi connectivity index (χ2v) is 7.88. The van der Waals surface area contributed by atoms with Crippen LogP contribution in [0, 0.1) is 12.3 Å². The van der Waals surface area contributed by atoms with Crippen LogP contribution in [0.1, 0.15) is 49.8 Å². The monoisotopic (exact) mass is 398 g/mol. The van der Waals surface area contributed by atoms with Crippen molar-refractivity contribution in [3.05, 3.63) is 59.7 Å². The number of benzene rings is 2.